The van der Waals surface area contributed by atoms with E-state index in [1.165, 1.54) is 6.20 Å². The molecule has 0 unspecified atom stereocenters. The Kier molecular flexibility index (Phi) is 7.42. The van der Waals surface area contributed by atoms with Crippen molar-refractivity contribution >= 4 is 21.1 Å². The number of pyridine rings is 1. The molecule has 0 aliphatic rings. The molecule has 3 heterocycles. The van der Waals surface area contributed by atoms with Crippen LogP contribution in [0.25, 0.3) is 28.5 Å². The van der Waals surface area contributed by atoms with Crippen molar-refractivity contribution in [1.82, 2.24) is 24.5 Å². The van der Waals surface area contributed by atoms with E-state index in [0.29, 0.717) is 58.0 Å². The van der Waals surface area contributed by atoms with Crippen LogP contribution in [0.4, 0.5) is 0 Å². The molecule has 11 heteroatoms. The second-order valence-electron chi connectivity index (χ2n) is 8.60. The smallest absolute Gasteiger partial charge is 0.213 e. The van der Waals surface area contributed by atoms with Gasteiger partial charge in [-0.25, -0.2) is 28.4 Å². The van der Waals surface area contributed by atoms with E-state index in [1.54, 1.807) is 61.3 Å². The van der Waals surface area contributed by atoms with Crippen LogP contribution in [0.5, 0.6) is 17.4 Å². The lowest BCUT2D eigenvalue weighted by Crippen LogP contribution is -2.10. The summed E-state index contributed by atoms with van der Waals surface area (Å²) in [7, 11) is -0.419. The van der Waals surface area contributed by atoms with Crippen molar-refractivity contribution in [3.05, 3.63) is 84.2 Å². The number of aromatic nitrogens is 5. The van der Waals surface area contributed by atoms with Crippen LogP contribution in [0, 0.1) is 0 Å². The van der Waals surface area contributed by atoms with E-state index in [0.717, 1.165) is 0 Å². The van der Waals surface area contributed by atoms with Gasteiger partial charge < -0.3 is 14.2 Å². The highest BCUT2D eigenvalue weighted by atomic mass is 32.2. The quantitative estimate of drug-likeness (QED) is 0.251. The van der Waals surface area contributed by atoms with E-state index >= 15 is 0 Å². The maximum absolute atomic E-state index is 13.0. The molecule has 0 saturated heterocycles. The Morgan fingerprint density at radius 3 is 2.23 bits per heavy atom. The molecule has 0 N–H and O–H groups in total. The van der Waals surface area contributed by atoms with Crippen molar-refractivity contribution in [2.24, 2.45) is 0 Å². The van der Waals surface area contributed by atoms with Crippen LogP contribution in [-0.2, 0) is 21.3 Å². The van der Waals surface area contributed by atoms with E-state index < -0.39 is 9.84 Å². The van der Waals surface area contributed by atoms with Gasteiger partial charge in [-0.15, -0.1) is 0 Å². The van der Waals surface area contributed by atoms with E-state index in [-0.39, 0.29) is 17.2 Å². The zero-order valence-corrected chi connectivity index (χ0v) is 22.6. The van der Waals surface area contributed by atoms with Crippen molar-refractivity contribution in [2.45, 2.75) is 18.4 Å². The molecular weight excluding hydrogens is 518 g/mol. The van der Waals surface area contributed by atoms with Crippen molar-refractivity contribution < 1.29 is 22.6 Å². The zero-order chi connectivity index (χ0) is 27.4. The third kappa shape index (κ3) is 5.53. The van der Waals surface area contributed by atoms with Gasteiger partial charge in [0.1, 0.15) is 22.9 Å². The first-order valence-corrected chi connectivity index (χ1v) is 14.0. The molecule has 200 valence electrons. The maximum atomic E-state index is 13.0. The summed E-state index contributed by atoms with van der Waals surface area (Å²) in [6.07, 6.45) is 1.44. The van der Waals surface area contributed by atoms with Gasteiger partial charge in [0.2, 0.25) is 5.88 Å². The third-order valence-electron chi connectivity index (χ3n) is 5.89. The molecule has 3 aromatic heterocycles. The Hall–Kier alpha value is -4.51. The van der Waals surface area contributed by atoms with Gasteiger partial charge in [-0.1, -0.05) is 42.5 Å². The highest BCUT2D eigenvalue weighted by Gasteiger charge is 2.25. The van der Waals surface area contributed by atoms with Gasteiger partial charge in [-0.3, -0.25) is 4.57 Å². The lowest BCUT2D eigenvalue weighted by molar-refractivity contribution is 0.327. The maximum Gasteiger partial charge on any atom is 0.213 e. The minimum absolute atomic E-state index is 0.105. The SMILES string of the molecule is CCOc1cccc(-c2nc3ncc(CS(=O)(=O)Cc4ccccc4)nc3n2-c2c(OC)cccc2OC)n1. The topological polar surface area (TPSA) is 118 Å². The molecule has 5 rings (SSSR count). The molecule has 0 amide bonds. The van der Waals surface area contributed by atoms with Crippen LogP contribution in [0.15, 0.2) is 72.9 Å². The Labute approximate surface area is 226 Å². The Bertz CT molecular complexity index is 1700. The molecule has 0 aliphatic carbocycles. The van der Waals surface area contributed by atoms with E-state index in [1.807, 2.05) is 31.2 Å². The van der Waals surface area contributed by atoms with Gasteiger partial charge in [0, 0.05) is 6.07 Å². The Morgan fingerprint density at radius 2 is 1.54 bits per heavy atom. The number of ether oxygens (including phenoxy) is 3. The number of hydrogen-bond acceptors (Lipinski definition) is 9. The molecule has 0 fully saturated rings. The number of nitrogens with zero attached hydrogens (tertiary/aromatic N) is 5. The Morgan fingerprint density at radius 1 is 0.821 bits per heavy atom. The summed E-state index contributed by atoms with van der Waals surface area (Å²) in [5.74, 6) is 1.46. The van der Waals surface area contributed by atoms with E-state index in [2.05, 4.69) is 9.97 Å². The van der Waals surface area contributed by atoms with Crippen molar-refractivity contribution in [2.75, 3.05) is 20.8 Å². The van der Waals surface area contributed by atoms with Crippen molar-refractivity contribution in [3.8, 4) is 34.6 Å². The van der Waals surface area contributed by atoms with Gasteiger partial charge in [-0.05, 0) is 30.7 Å². The van der Waals surface area contributed by atoms with E-state index in [9.17, 15) is 8.42 Å². The van der Waals surface area contributed by atoms with Gasteiger partial charge in [0.25, 0.3) is 0 Å². The molecule has 0 aliphatic heterocycles. The second-order valence-corrected chi connectivity index (χ2v) is 10.7. The molecular formula is C28H27N5O5S. The van der Waals surface area contributed by atoms with Crippen molar-refractivity contribution in [1.29, 1.82) is 0 Å². The minimum atomic E-state index is -3.53. The summed E-state index contributed by atoms with van der Waals surface area (Å²) in [5, 5.41) is 0. The van der Waals surface area contributed by atoms with Gasteiger partial charge in [0.05, 0.1) is 44.2 Å². The molecule has 39 heavy (non-hydrogen) atoms. The average Bonchev–Trinajstić information content (AvgIpc) is 3.31. The fourth-order valence-electron chi connectivity index (χ4n) is 4.27. The first kappa shape index (κ1) is 26.1. The number of rotatable bonds is 10. The minimum Gasteiger partial charge on any atom is -0.494 e. The van der Waals surface area contributed by atoms with Crippen LogP contribution < -0.4 is 14.2 Å². The molecule has 0 spiro atoms. The van der Waals surface area contributed by atoms with Gasteiger partial charge >= 0.3 is 0 Å². The lowest BCUT2D eigenvalue weighted by Gasteiger charge is -2.16. The van der Waals surface area contributed by atoms with Crippen LogP contribution in [0.1, 0.15) is 18.2 Å². The largest absolute Gasteiger partial charge is 0.494 e. The second kappa shape index (κ2) is 11.1. The molecule has 5 aromatic rings. The number of sulfone groups is 1. The summed E-state index contributed by atoms with van der Waals surface area (Å²) in [6.45, 7) is 2.33. The standard InChI is InChI=1S/C28H27N5O5S/c1-4-38-24-15-8-12-21(31-24)27-32-26-28(33(27)25-22(36-2)13-9-14-23(25)37-3)30-20(16-29-26)18-39(34,35)17-19-10-6-5-7-11-19/h5-16H,4,17-18H2,1-3H3. The van der Waals surface area contributed by atoms with Crippen LogP contribution in [0.2, 0.25) is 0 Å². The average molecular weight is 546 g/mol. The number of benzene rings is 2. The zero-order valence-electron chi connectivity index (χ0n) is 21.7. The summed E-state index contributed by atoms with van der Waals surface area (Å²) >= 11 is 0. The van der Waals surface area contributed by atoms with E-state index in [4.69, 9.17) is 24.2 Å². The Balaban J connectivity index is 1.69. The molecule has 0 saturated carbocycles. The molecule has 0 bridgehead atoms. The highest BCUT2D eigenvalue weighted by molar-refractivity contribution is 7.89. The molecule has 0 radical (unpaired) electrons. The predicted molar refractivity (Wildman–Crippen MR) is 147 cm³/mol. The van der Waals surface area contributed by atoms with Gasteiger partial charge in [-0.2, -0.15) is 0 Å². The number of imidazole rings is 1. The number of hydrogen-bond donors (Lipinski definition) is 0. The fourth-order valence-corrected chi connectivity index (χ4v) is 5.66. The van der Waals surface area contributed by atoms with Gasteiger partial charge in [0.15, 0.2) is 27.0 Å². The summed E-state index contributed by atoms with van der Waals surface area (Å²) < 4.78 is 44.7. The number of para-hydroxylation sites is 1. The summed E-state index contributed by atoms with van der Waals surface area (Å²) in [6, 6.07) is 19.8. The normalized spacial score (nSPS) is 11.5. The molecule has 2 aromatic carbocycles. The first-order chi connectivity index (χ1) is 18.9. The van der Waals surface area contributed by atoms with Crippen molar-refractivity contribution in [3.63, 3.8) is 0 Å². The third-order valence-corrected chi connectivity index (χ3v) is 7.40. The number of methoxy groups -OCH3 is 2. The summed E-state index contributed by atoms with van der Waals surface area (Å²) in [4.78, 5) is 18.5. The predicted octanol–water partition coefficient (Wildman–Crippen LogP) is 4.41. The fraction of sp³-hybridized carbons (Fsp3) is 0.214. The highest BCUT2D eigenvalue weighted by Crippen LogP contribution is 2.37. The monoisotopic (exact) mass is 545 g/mol. The molecule has 10 nitrogen and oxygen atoms in total. The first-order valence-electron chi connectivity index (χ1n) is 12.2. The van der Waals surface area contributed by atoms with Crippen LogP contribution >= 0.6 is 0 Å². The summed E-state index contributed by atoms with van der Waals surface area (Å²) in [5.41, 5.74) is 2.68. The van der Waals surface area contributed by atoms with Crippen LogP contribution in [-0.4, -0.2) is 53.7 Å². The number of fused-ring (bicyclic) bond motifs is 1. The molecule has 0 atom stereocenters. The lowest BCUT2D eigenvalue weighted by atomic mass is 10.2. The van der Waals surface area contributed by atoms with Crippen LogP contribution in [0.3, 0.4) is 0 Å².